The van der Waals surface area contributed by atoms with Crippen molar-refractivity contribution in [3.05, 3.63) is 42.2 Å². The number of oxazole rings is 1. The second kappa shape index (κ2) is 4.75. The van der Waals surface area contributed by atoms with Crippen molar-refractivity contribution in [2.75, 3.05) is 7.05 Å². The molecule has 0 radical (unpaired) electrons. The Morgan fingerprint density at radius 1 is 1.37 bits per heavy atom. The van der Waals surface area contributed by atoms with Crippen molar-refractivity contribution >= 4 is 21.4 Å². The van der Waals surface area contributed by atoms with Crippen LogP contribution in [0.2, 0.25) is 0 Å². The average molecular weight is 276 g/mol. The van der Waals surface area contributed by atoms with Gasteiger partial charge in [0.05, 0.1) is 17.1 Å². The molecule has 1 N–H and O–H groups in total. The number of fused-ring (bicyclic) bond motifs is 1. The summed E-state index contributed by atoms with van der Waals surface area (Å²) >= 11 is 1.50. The highest BCUT2D eigenvalue weighted by atomic mass is 32.1. The van der Waals surface area contributed by atoms with Crippen LogP contribution in [0.25, 0.3) is 20.7 Å². The molecule has 0 saturated carbocycles. The molecule has 98 valence electrons. The molecule has 1 aromatic carbocycles. The fourth-order valence-electron chi connectivity index (χ4n) is 1.85. The van der Waals surface area contributed by atoms with Gasteiger partial charge in [-0.25, -0.2) is 9.37 Å². The van der Waals surface area contributed by atoms with Crippen LogP contribution in [0.4, 0.5) is 4.39 Å². The number of benzene rings is 1. The van der Waals surface area contributed by atoms with E-state index in [0.29, 0.717) is 5.89 Å². The summed E-state index contributed by atoms with van der Waals surface area (Å²) in [6, 6.07) is 6.84. The smallest absolute Gasteiger partial charge is 0.211 e. The van der Waals surface area contributed by atoms with Crippen molar-refractivity contribution in [1.29, 1.82) is 0 Å². The van der Waals surface area contributed by atoms with Gasteiger partial charge in [0.15, 0.2) is 5.76 Å². The van der Waals surface area contributed by atoms with Crippen LogP contribution in [0.3, 0.4) is 0 Å². The zero-order chi connectivity index (χ0) is 13.4. The maximum atomic E-state index is 13.2. The van der Waals surface area contributed by atoms with E-state index < -0.39 is 0 Å². The largest absolute Gasteiger partial charge is 0.438 e. The van der Waals surface area contributed by atoms with Crippen LogP contribution in [0.15, 0.2) is 34.9 Å². The van der Waals surface area contributed by atoms with Crippen LogP contribution in [-0.4, -0.2) is 12.0 Å². The van der Waals surface area contributed by atoms with Gasteiger partial charge in [-0.05, 0) is 37.6 Å². The van der Waals surface area contributed by atoms with E-state index in [4.69, 9.17) is 4.42 Å². The van der Waals surface area contributed by atoms with Crippen molar-refractivity contribution in [3.8, 4) is 10.6 Å². The lowest BCUT2D eigenvalue weighted by atomic mass is 10.2. The Morgan fingerprint density at radius 2 is 2.21 bits per heavy atom. The molecule has 0 amide bonds. The zero-order valence-corrected chi connectivity index (χ0v) is 11.4. The summed E-state index contributed by atoms with van der Waals surface area (Å²) in [5.41, 5.74) is 0. The first-order valence-electron chi connectivity index (χ1n) is 6.00. The SMILES string of the molecule is CNC(C)c1ncc(-c2cc3ccc(F)cc3s2)o1. The number of thiophene rings is 1. The lowest BCUT2D eigenvalue weighted by Crippen LogP contribution is -2.12. The fraction of sp³-hybridized carbons (Fsp3) is 0.214. The average Bonchev–Trinajstić information content (AvgIpc) is 3.03. The monoisotopic (exact) mass is 276 g/mol. The Kier molecular flexibility index (Phi) is 3.08. The van der Waals surface area contributed by atoms with Crippen LogP contribution >= 0.6 is 11.3 Å². The van der Waals surface area contributed by atoms with E-state index in [1.54, 1.807) is 12.3 Å². The molecule has 0 fully saturated rings. The molecule has 2 heterocycles. The van der Waals surface area contributed by atoms with Crippen molar-refractivity contribution in [2.45, 2.75) is 13.0 Å². The molecule has 1 unspecified atom stereocenters. The summed E-state index contributed by atoms with van der Waals surface area (Å²) in [4.78, 5) is 5.22. The van der Waals surface area contributed by atoms with Gasteiger partial charge in [-0.15, -0.1) is 11.3 Å². The Hall–Kier alpha value is -1.72. The minimum atomic E-state index is -0.219. The van der Waals surface area contributed by atoms with Gasteiger partial charge >= 0.3 is 0 Å². The van der Waals surface area contributed by atoms with E-state index in [-0.39, 0.29) is 11.9 Å². The first-order valence-corrected chi connectivity index (χ1v) is 6.81. The van der Waals surface area contributed by atoms with E-state index in [0.717, 1.165) is 20.7 Å². The molecule has 0 aliphatic heterocycles. The fourth-order valence-corrected chi connectivity index (χ4v) is 2.89. The Balaban J connectivity index is 2.01. The molecule has 19 heavy (non-hydrogen) atoms. The van der Waals surface area contributed by atoms with Crippen LogP contribution in [0.1, 0.15) is 18.9 Å². The van der Waals surface area contributed by atoms with Gasteiger partial charge in [-0.1, -0.05) is 6.07 Å². The number of rotatable bonds is 3. The van der Waals surface area contributed by atoms with E-state index in [2.05, 4.69) is 10.3 Å². The maximum Gasteiger partial charge on any atom is 0.211 e. The number of hydrogen-bond donors (Lipinski definition) is 1. The minimum Gasteiger partial charge on any atom is -0.438 e. The van der Waals surface area contributed by atoms with Gasteiger partial charge in [-0.2, -0.15) is 0 Å². The molecule has 0 bridgehead atoms. The van der Waals surface area contributed by atoms with E-state index in [1.165, 1.54) is 23.5 Å². The van der Waals surface area contributed by atoms with Gasteiger partial charge in [-0.3, -0.25) is 0 Å². The zero-order valence-electron chi connectivity index (χ0n) is 10.6. The highest BCUT2D eigenvalue weighted by molar-refractivity contribution is 7.22. The Morgan fingerprint density at radius 3 is 3.00 bits per heavy atom. The third kappa shape index (κ3) is 2.27. The van der Waals surface area contributed by atoms with Crippen LogP contribution < -0.4 is 5.32 Å². The van der Waals surface area contributed by atoms with Crippen molar-refractivity contribution in [1.82, 2.24) is 10.3 Å². The molecule has 0 spiro atoms. The molecule has 5 heteroatoms. The number of hydrogen-bond acceptors (Lipinski definition) is 4. The predicted molar refractivity (Wildman–Crippen MR) is 74.8 cm³/mol. The quantitative estimate of drug-likeness (QED) is 0.786. The lowest BCUT2D eigenvalue weighted by molar-refractivity contribution is 0.442. The maximum absolute atomic E-state index is 13.2. The molecule has 3 nitrogen and oxygen atoms in total. The highest BCUT2D eigenvalue weighted by Gasteiger charge is 2.13. The predicted octanol–water partition coefficient (Wildman–Crippen LogP) is 3.98. The van der Waals surface area contributed by atoms with Gasteiger partial charge < -0.3 is 9.73 Å². The summed E-state index contributed by atoms with van der Waals surface area (Å²) in [5, 5.41) is 4.09. The van der Waals surface area contributed by atoms with Crippen molar-refractivity contribution in [3.63, 3.8) is 0 Å². The number of aromatic nitrogens is 1. The first kappa shape index (κ1) is 12.3. The van der Waals surface area contributed by atoms with Gasteiger partial charge in [0.2, 0.25) is 5.89 Å². The second-order valence-electron chi connectivity index (χ2n) is 4.37. The van der Waals surface area contributed by atoms with Gasteiger partial charge in [0.25, 0.3) is 0 Å². The van der Waals surface area contributed by atoms with Crippen LogP contribution in [0, 0.1) is 5.82 Å². The van der Waals surface area contributed by atoms with E-state index in [9.17, 15) is 4.39 Å². The minimum absolute atomic E-state index is 0.0700. The third-order valence-electron chi connectivity index (χ3n) is 3.05. The van der Waals surface area contributed by atoms with E-state index >= 15 is 0 Å². The third-order valence-corrected chi connectivity index (χ3v) is 4.16. The van der Waals surface area contributed by atoms with Crippen molar-refractivity contribution in [2.24, 2.45) is 0 Å². The van der Waals surface area contributed by atoms with Crippen LogP contribution in [-0.2, 0) is 0 Å². The van der Waals surface area contributed by atoms with E-state index in [1.807, 2.05) is 20.0 Å². The highest BCUT2D eigenvalue weighted by Crippen LogP contribution is 2.34. The molecular formula is C14H13FN2OS. The molecule has 2 aromatic heterocycles. The summed E-state index contributed by atoms with van der Waals surface area (Å²) in [6.07, 6.45) is 1.71. The molecule has 0 aliphatic rings. The molecule has 0 aliphatic carbocycles. The Labute approximate surface area is 114 Å². The number of nitrogens with zero attached hydrogens (tertiary/aromatic N) is 1. The number of nitrogens with one attached hydrogen (secondary N) is 1. The molecule has 3 aromatic rings. The molecule has 1 atom stereocenters. The summed E-state index contributed by atoms with van der Waals surface area (Å²) in [5.74, 6) is 1.16. The summed E-state index contributed by atoms with van der Waals surface area (Å²) < 4.78 is 19.8. The summed E-state index contributed by atoms with van der Waals surface area (Å²) in [6.45, 7) is 1.98. The van der Waals surface area contributed by atoms with Crippen molar-refractivity contribution < 1.29 is 8.81 Å². The second-order valence-corrected chi connectivity index (χ2v) is 5.45. The van der Waals surface area contributed by atoms with Crippen LogP contribution in [0.5, 0.6) is 0 Å². The Bertz CT molecular complexity index is 719. The molecular weight excluding hydrogens is 263 g/mol. The lowest BCUT2D eigenvalue weighted by Gasteiger charge is -2.03. The molecule has 0 saturated heterocycles. The molecule has 3 rings (SSSR count). The first-order chi connectivity index (χ1) is 9.17. The summed E-state index contributed by atoms with van der Waals surface area (Å²) in [7, 11) is 1.86. The standard InChI is InChI=1S/C14H13FN2OS/c1-8(16-2)14-17-7-11(18-14)13-5-9-3-4-10(15)6-12(9)19-13/h3-8,16H,1-2H3. The normalized spacial score (nSPS) is 13.0. The number of halogens is 1. The topological polar surface area (TPSA) is 38.1 Å². The van der Waals surface area contributed by atoms with Gasteiger partial charge in [0, 0.05) is 4.70 Å². The van der Waals surface area contributed by atoms with Gasteiger partial charge in [0.1, 0.15) is 5.82 Å².